The highest BCUT2D eigenvalue weighted by Gasteiger charge is 2.14. The molecule has 0 aliphatic heterocycles. The number of anilines is 1. The van der Waals surface area contributed by atoms with Crippen molar-refractivity contribution >= 4 is 44.3 Å². The minimum absolute atomic E-state index is 0.523. The van der Waals surface area contributed by atoms with E-state index in [4.69, 9.17) is 17.3 Å². The molecule has 0 fully saturated rings. The fourth-order valence-corrected chi connectivity index (χ4v) is 3.62. The summed E-state index contributed by atoms with van der Waals surface area (Å²) in [6.07, 6.45) is 0. The lowest BCUT2D eigenvalue weighted by molar-refractivity contribution is 0.816. The van der Waals surface area contributed by atoms with Crippen molar-refractivity contribution in [3.8, 4) is 11.3 Å². The van der Waals surface area contributed by atoms with Crippen molar-refractivity contribution in [3.05, 3.63) is 81.9 Å². The molecule has 2 N–H and O–H groups in total. The molecule has 0 atom stereocenters. The summed E-state index contributed by atoms with van der Waals surface area (Å²) < 4.78 is 3.26. The van der Waals surface area contributed by atoms with Crippen LogP contribution < -0.4 is 5.73 Å². The fraction of sp³-hybridized carbons (Fsp3) is 0.0500. The largest absolute Gasteiger partial charge is 0.384 e. The number of fused-ring (bicyclic) bond motifs is 1. The summed E-state index contributed by atoms with van der Waals surface area (Å²) in [6.45, 7) is 0.617. The summed E-state index contributed by atoms with van der Waals surface area (Å²) in [6, 6.07) is 22.0. The Labute approximate surface area is 159 Å². The lowest BCUT2D eigenvalue weighted by Gasteiger charge is -2.12. The number of aromatic nitrogens is 2. The smallest absolute Gasteiger partial charge is 0.123 e. The van der Waals surface area contributed by atoms with E-state index in [0.29, 0.717) is 12.4 Å². The van der Waals surface area contributed by atoms with Gasteiger partial charge in [0.15, 0.2) is 0 Å². The minimum atomic E-state index is 0.523. The van der Waals surface area contributed by atoms with Gasteiger partial charge in [0.1, 0.15) is 5.82 Å². The number of hydrogen-bond acceptors (Lipinski definition) is 2. The zero-order valence-corrected chi connectivity index (χ0v) is 15.6. The first-order valence-corrected chi connectivity index (χ1v) is 9.04. The highest BCUT2D eigenvalue weighted by atomic mass is 79.9. The molecule has 4 rings (SSSR count). The van der Waals surface area contributed by atoms with Gasteiger partial charge < -0.3 is 10.3 Å². The number of benzene rings is 2. The van der Waals surface area contributed by atoms with Gasteiger partial charge in [0, 0.05) is 26.0 Å². The molecule has 2 heterocycles. The maximum atomic E-state index is 6.46. The molecule has 0 spiro atoms. The van der Waals surface area contributed by atoms with E-state index in [1.54, 1.807) is 6.07 Å². The fourth-order valence-electron chi connectivity index (χ4n) is 3.04. The molecule has 2 aromatic carbocycles. The van der Waals surface area contributed by atoms with Gasteiger partial charge in [-0.05, 0) is 36.4 Å². The Morgan fingerprint density at radius 2 is 1.84 bits per heavy atom. The lowest BCUT2D eigenvalue weighted by Crippen LogP contribution is -2.05. The van der Waals surface area contributed by atoms with Crippen LogP contribution in [0.4, 0.5) is 5.82 Å². The summed E-state index contributed by atoms with van der Waals surface area (Å²) in [5.74, 6) is 0.523. The molecule has 0 amide bonds. The number of rotatable bonds is 3. The minimum Gasteiger partial charge on any atom is -0.384 e. The normalized spacial score (nSPS) is 11.1. The molecular weight excluding hydrogens is 398 g/mol. The summed E-state index contributed by atoms with van der Waals surface area (Å²) in [7, 11) is 0. The Morgan fingerprint density at radius 1 is 1.00 bits per heavy atom. The first-order chi connectivity index (χ1) is 12.1. The van der Waals surface area contributed by atoms with Gasteiger partial charge in [-0.3, -0.25) is 0 Å². The number of nitrogens with zero attached hydrogens (tertiary/aromatic N) is 2. The molecule has 0 aliphatic carbocycles. The van der Waals surface area contributed by atoms with Crippen molar-refractivity contribution in [2.45, 2.75) is 6.54 Å². The van der Waals surface area contributed by atoms with Gasteiger partial charge in [-0.15, -0.1) is 0 Å². The van der Waals surface area contributed by atoms with Crippen LogP contribution in [0.5, 0.6) is 0 Å². The Bertz CT molecular complexity index is 1070. The molecule has 3 nitrogen and oxygen atoms in total. The van der Waals surface area contributed by atoms with Crippen LogP contribution in [0, 0.1) is 0 Å². The Balaban J connectivity index is 1.95. The van der Waals surface area contributed by atoms with E-state index < -0.39 is 0 Å². The van der Waals surface area contributed by atoms with Crippen molar-refractivity contribution in [1.29, 1.82) is 0 Å². The van der Waals surface area contributed by atoms with E-state index in [1.165, 1.54) is 0 Å². The molecule has 0 aliphatic rings. The van der Waals surface area contributed by atoms with Crippen LogP contribution in [0.3, 0.4) is 0 Å². The Hall–Kier alpha value is -2.30. The summed E-state index contributed by atoms with van der Waals surface area (Å²) in [5.41, 5.74) is 9.93. The van der Waals surface area contributed by atoms with E-state index in [-0.39, 0.29) is 0 Å². The van der Waals surface area contributed by atoms with Crippen LogP contribution in [0.2, 0.25) is 5.02 Å². The predicted octanol–water partition coefficient (Wildman–Crippen LogP) is 5.75. The second-order valence-corrected chi connectivity index (χ2v) is 7.18. The third-order valence-electron chi connectivity index (χ3n) is 4.16. The second kappa shape index (κ2) is 6.54. The predicted molar refractivity (Wildman–Crippen MR) is 108 cm³/mol. The van der Waals surface area contributed by atoms with E-state index in [0.717, 1.165) is 37.3 Å². The molecule has 2 aromatic heterocycles. The number of hydrogen-bond donors (Lipinski definition) is 1. The van der Waals surface area contributed by atoms with Gasteiger partial charge >= 0.3 is 0 Å². The molecule has 0 bridgehead atoms. The summed E-state index contributed by atoms with van der Waals surface area (Å²) in [4.78, 5) is 4.45. The lowest BCUT2D eigenvalue weighted by atomic mass is 10.1. The third-order valence-corrected chi connectivity index (χ3v) is 4.99. The van der Waals surface area contributed by atoms with Crippen LogP contribution in [0.25, 0.3) is 22.2 Å². The molecule has 124 valence electrons. The average molecular weight is 413 g/mol. The first kappa shape index (κ1) is 16.2. The topological polar surface area (TPSA) is 43.8 Å². The van der Waals surface area contributed by atoms with Gasteiger partial charge in [0.05, 0.1) is 17.9 Å². The Kier molecular flexibility index (Phi) is 4.24. The highest BCUT2D eigenvalue weighted by Crippen LogP contribution is 2.34. The van der Waals surface area contributed by atoms with Gasteiger partial charge in [0.2, 0.25) is 0 Å². The van der Waals surface area contributed by atoms with Gasteiger partial charge in [0.25, 0.3) is 0 Å². The van der Waals surface area contributed by atoms with E-state index in [2.05, 4.69) is 43.7 Å². The third kappa shape index (κ3) is 3.15. The van der Waals surface area contributed by atoms with E-state index in [9.17, 15) is 0 Å². The molecule has 0 saturated carbocycles. The van der Waals surface area contributed by atoms with Crippen molar-refractivity contribution in [3.63, 3.8) is 0 Å². The maximum absolute atomic E-state index is 6.46. The number of nitrogens with two attached hydrogens (primary N) is 1. The SMILES string of the molecule is Nc1cccc(Cn2c(-c3ccccc3Cl)cc3ccc(Br)cc32)n1. The molecule has 0 unspecified atom stereocenters. The van der Waals surface area contributed by atoms with Gasteiger partial charge in [-0.1, -0.05) is 57.9 Å². The highest BCUT2D eigenvalue weighted by molar-refractivity contribution is 9.10. The van der Waals surface area contributed by atoms with Crippen molar-refractivity contribution in [2.75, 3.05) is 5.73 Å². The van der Waals surface area contributed by atoms with Crippen LogP contribution in [0.1, 0.15) is 5.69 Å². The molecule has 0 radical (unpaired) electrons. The second-order valence-electron chi connectivity index (χ2n) is 5.85. The monoisotopic (exact) mass is 411 g/mol. The van der Waals surface area contributed by atoms with Crippen LogP contribution in [-0.2, 0) is 6.54 Å². The quantitative estimate of drug-likeness (QED) is 0.465. The number of halogens is 2. The van der Waals surface area contributed by atoms with Crippen LogP contribution in [0.15, 0.2) is 71.2 Å². The first-order valence-electron chi connectivity index (χ1n) is 7.87. The number of pyridine rings is 1. The van der Waals surface area contributed by atoms with Crippen molar-refractivity contribution < 1.29 is 0 Å². The number of nitrogen functional groups attached to an aromatic ring is 1. The molecular formula is C20H15BrClN3. The van der Waals surface area contributed by atoms with Crippen molar-refractivity contribution in [2.24, 2.45) is 0 Å². The summed E-state index contributed by atoms with van der Waals surface area (Å²) >= 11 is 10.0. The summed E-state index contributed by atoms with van der Waals surface area (Å²) in [5, 5.41) is 1.88. The van der Waals surface area contributed by atoms with E-state index in [1.807, 2.05) is 42.5 Å². The standard InChI is InChI=1S/C20H15BrClN3/c21-14-9-8-13-10-19(16-5-1-2-6-17(16)22)25(18(13)11-14)12-15-4-3-7-20(23)24-15/h1-11H,12H2,(H2,23,24). The average Bonchev–Trinajstić information content (AvgIpc) is 2.93. The van der Waals surface area contributed by atoms with Gasteiger partial charge in [-0.2, -0.15) is 0 Å². The molecule has 4 aromatic rings. The molecule has 25 heavy (non-hydrogen) atoms. The Morgan fingerprint density at radius 3 is 2.64 bits per heavy atom. The van der Waals surface area contributed by atoms with Crippen LogP contribution in [-0.4, -0.2) is 9.55 Å². The van der Waals surface area contributed by atoms with Crippen molar-refractivity contribution in [1.82, 2.24) is 9.55 Å². The van der Waals surface area contributed by atoms with Crippen LogP contribution >= 0.6 is 27.5 Å². The van der Waals surface area contributed by atoms with Gasteiger partial charge in [-0.25, -0.2) is 4.98 Å². The zero-order valence-electron chi connectivity index (χ0n) is 13.3. The zero-order chi connectivity index (χ0) is 17.4. The van der Waals surface area contributed by atoms with E-state index >= 15 is 0 Å². The molecule has 0 saturated heterocycles. The maximum Gasteiger partial charge on any atom is 0.123 e. The molecule has 5 heteroatoms.